The second-order valence-electron chi connectivity index (χ2n) is 4.12. The zero-order chi connectivity index (χ0) is 15.5. The van der Waals surface area contributed by atoms with Crippen molar-refractivity contribution >= 4 is 23.7 Å². The van der Waals surface area contributed by atoms with Crippen molar-refractivity contribution in [3.63, 3.8) is 0 Å². The monoisotopic (exact) mass is 282 g/mol. The van der Waals surface area contributed by atoms with Crippen molar-refractivity contribution in [3.8, 4) is 0 Å². The Hall–Kier alpha value is -2.39. The summed E-state index contributed by atoms with van der Waals surface area (Å²) in [5, 5.41) is 2.70. The molecule has 3 heteroatoms. The molecule has 0 bridgehead atoms. The number of hydrogen-bond donors (Lipinski definition) is 2. The van der Waals surface area contributed by atoms with Gasteiger partial charge in [0.2, 0.25) is 5.91 Å². The standard InChI is InChI=1S/C16H16N2O.C2H6/c17-12-16(19)18-15-10-8-14(9-11-15)7-6-13-4-2-1-3-5-13;1-2/h1-11H,12,17H2,(H,18,19);1-2H3/b7-6+;. The van der Waals surface area contributed by atoms with E-state index in [-0.39, 0.29) is 12.5 Å². The van der Waals surface area contributed by atoms with Crippen LogP contribution in [0.5, 0.6) is 0 Å². The van der Waals surface area contributed by atoms with E-state index in [4.69, 9.17) is 5.73 Å². The smallest absolute Gasteiger partial charge is 0.238 e. The summed E-state index contributed by atoms with van der Waals surface area (Å²) in [7, 11) is 0. The van der Waals surface area contributed by atoms with Crippen LogP contribution in [0.4, 0.5) is 5.69 Å². The lowest BCUT2D eigenvalue weighted by Crippen LogP contribution is -2.21. The fourth-order valence-corrected chi connectivity index (χ4v) is 1.65. The summed E-state index contributed by atoms with van der Waals surface area (Å²) >= 11 is 0. The van der Waals surface area contributed by atoms with Gasteiger partial charge in [-0.3, -0.25) is 4.79 Å². The summed E-state index contributed by atoms with van der Waals surface area (Å²) in [5.41, 5.74) is 8.23. The predicted molar refractivity (Wildman–Crippen MR) is 90.8 cm³/mol. The van der Waals surface area contributed by atoms with Gasteiger partial charge in [0.25, 0.3) is 0 Å². The zero-order valence-corrected chi connectivity index (χ0v) is 12.5. The molecule has 3 nitrogen and oxygen atoms in total. The molecule has 2 aromatic carbocycles. The summed E-state index contributed by atoms with van der Waals surface area (Å²) < 4.78 is 0. The third-order valence-corrected chi connectivity index (χ3v) is 2.65. The van der Waals surface area contributed by atoms with Crippen LogP contribution in [-0.4, -0.2) is 12.5 Å². The van der Waals surface area contributed by atoms with Crippen molar-refractivity contribution in [1.29, 1.82) is 0 Å². The van der Waals surface area contributed by atoms with Crippen molar-refractivity contribution in [2.24, 2.45) is 5.73 Å². The molecule has 0 saturated heterocycles. The maximum Gasteiger partial charge on any atom is 0.238 e. The normalized spacial score (nSPS) is 9.86. The quantitative estimate of drug-likeness (QED) is 0.838. The van der Waals surface area contributed by atoms with Gasteiger partial charge in [-0.05, 0) is 23.3 Å². The Bertz CT molecular complexity index is 560. The topological polar surface area (TPSA) is 55.1 Å². The van der Waals surface area contributed by atoms with Crippen molar-refractivity contribution in [2.45, 2.75) is 13.8 Å². The lowest BCUT2D eigenvalue weighted by atomic mass is 10.1. The van der Waals surface area contributed by atoms with E-state index in [0.29, 0.717) is 0 Å². The van der Waals surface area contributed by atoms with Crippen LogP contribution in [0.3, 0.4) is 0 Å². The number of hydrogen-bond acceptors (Lipinski definition) is 2. The van der Waals surface area contributed by atoms with E-state index in [2.05, 4.69) is 5.32 Å². The van der Waals surface area contributed by atoms with Gasteiger partial charge in [-0.1, -0.05) is 68.5 Å². The Balaban J connectivity index is 0.00000106. The molecule has 0 unspecified atom stereocenters. The molecule has 0 fully saturated rings. The zero-order valence-electron chi connectivity index (χ0n) is 12.5. The Morgan fingerprint density at radius 3 is 2.00 bits per heavy atom. The van der Waals surface area contributed by atoms with Crippen LogP contribution in [0.2, 0.25) is 0 Å². The molecule has 0 heterocycles. The summed E-state index contributed by atoms with van der Waals surface area (Å²) in [6.45, 7) is 4.00. The highest BCUT2D eigenvalue weighted by atomic mass is 16.1. The van der Waals surface area contributed by atoms with E-state index >= 15 is 0 Å². The molecule has 1 amide bonds. The number of nitrogens with two attached hydrogens (primary N) is 1. The molecule has 0 aromatic heterocycles. The van der Waals surface area contributed by atoms with Crippen molar-refractivity contribution < 1.29 is 4.79 Å². The van der Waals surface area contributed by atoms with Gasteiger partial charge in [-0.15, -0.1) is 0 Å². The first kappa shape index (κ1) is 16.7. The Labute approximate surface area is 126 Å². The molecule has 0 aliphatic rings. The van der Waals surface area contributed by atoms with E-state index in [1.54, 1.807) is 0 Å². The number of amides is 1. The van der Waals surface area contributed by atoms with Gasteiger partial charge in [0.05, 0.1) is 6.54 Å². The number of carbonyl (C=O) groups is 1. The van der Waals surface area contributed by atoms with Gasteiger partial charge < -0.3 is 11.1 Å². The average Bonchev–Trinajstić information content (AvgIpc) is 2.57. The molecule has 0 aliphatic carbocycles. The summed E-state index contributed by atoms with van der Waals surface area (Å²) in [6.07, 6.45) is 4.08. The number of nitrogens with one attached hydrogen (secondary N) is 1. The SMILES string of the molecule is CC.NCC(=O)Nc1ccc(/C=C/c2ccccc2)cc1. The van der Waals surface area contributed by atoms with Gasteiger partial charge in [0.15, 0.2) is 0 Å². The number of anilines is 1. The van der Waals surface area contributed by atoms with Gasteiger partial charge >= 0.3 is 0 Å². The first-order chi connectivity index (χ1) is 10.3. The van der Waals surface area contributed by atoms with Crippen LogP contribution in [-0.2, 0) is 4.79 Å². The minimum Gasteiger partial charge on any atom is -0.325 e. The summed E-state index contributed by atoms with van der Waals surface area (Å²) in [6, 6.07) is 17.7. The highest BCUT2D eigenvalue weighted by Crippen LogP contribution is 2.12. The van der Waals surface area contributed by atoms with E-state index in [1.165, 1.54) is 0 Å². The highest BCUT2D eigenvalue weighted by molar-refractivity contribution is 5.92. The molecule has 0 spiro atoms. The molecule has 3 N–H and O–H groups in total. The number of benzene rings is 2. The van der Waals surface area contributed by atoms with Crippen LogP contribution in [0.1, 0.15) is 25.0 Å². The average molecular weight is 282 g/mol. The number of rotatable bonds is 4. The molecule has 2 rings (SSSR count). The Morgan fingerprint density at radius 1 is 0.952 bits per heavy atom. The molecule has 0 saturated carbocycles. The first-order valence-electron chi connectivity index (χ1n) is 7.11. The minimum absolute atomic E-state index is 0.00430. The van der Waals surface area contributed by atoms with E-state index < -0.39 is 0 Å². The fourth-order valence-electron chi connectivity index (χ4n) is 1.65. The van der Waals surface area contributed by atoms with Crippen molar-refractivity contribution in [1.82, 2.24) is 0 Å². The van der Waals surface area contributed by atoms with E-state index in [9.17, 15) is 4.79 Å². The molecule has 21 heavy (non-hydrogen) atoms. The molecule has 0 atom stereocenters. The molecule has 2 aromatic rings. The second-order valence-corrected chi connectivity index (χ2v) is 4.12. The Morgan fingerprint density at radius 2 is 1.48 bits per heavy atom. The van der Waals surface area contributed by atoms with Crippen LogP contribution in [0.25, 0.3) is 12.2 Å². The third kappa shape index (κ3) is 6.06. The second kappa shape index (κ2) is 9.50. The van der Waals surface area contributed by atoms with Gasteiger partial charge in [0, 0.05) is 5.69 Å². The van der Waals surface area contributed by atoms with Crippen LogP contribution in [0, 0.1) is 0 Å². The van der Waals surface area contributed by atoms with Crippen molar-refractivity contribution in [2.75, 3.05) is 11.9 Å². The molecular weight excluding hydrogens is 260 g/mol. The first-order valence-corrected chi connectivity index (χ1v) is 7.11. The van der Waals surface area contributed by atoms with Crippen molar-refractivity contribution in [3.05, 3.63) is 65.7 Å². The van der Waals surface area contributed by atoms with Crippen LogP contribution >= 0.6 is 0 Å². The van der Waals surface area contributed by atoms with E-state index in [0.717, 1.165) is 16.8 Å². The minimum atomic E-state index is -0.187. The predicted octanol–water partition coefficient (Wildman–Crippen LogP) is 3.78. The van der Waals surface area contributed by atoms with Crippen LogP contribution in [0.15, 0.2) is 54.6 Å². The summed E-state index contributed by atoms with van der Waals surface area (Å²) in [4.78, 5) is 11.1. The maximum absolute atomic E-state index is 11.1. The van der Waals surface area contributed by atoms with Crippen LogP contribution < -0.4 is 11.1 Å². The largest absolute Gasteiger partial charge is 0.325 e. The fraction of sp³-hybridized carbons (Fsp3) is 0.167. The highest BCUT2D eigenvalue weighted by Gasteiger charge is 1.97. The Kier molecular flexibility index (Phi) is 7.54. The molecule has 0 radical (unpaired) electrons. The van der Waals surface area contributed by atoms with Gasteiger partial charge in [-0.2, -0.15) is 0 Å². The lowest BCUT2D eigenvalue weighted by molar-refractivity contribution is -0.114. The lowest BCUT2D eigenvalue weighted by Gasteiger charge is -2.03. The van der Waals surface area contributed by atoms with Gasteiger partial charge in [0.1, 0.15) is 0 Å². The third-order valence-electron chi connectivity index (χ3n) is 2.65. The van der Waals surface area contributed by atoms with Gasteiger partial charge in [-0.25, -0.2) is 0 Å². The maximum atomic E-state index is 11.1. The number of carbonyl (C=O) groups excluding carboxylic acids is 1. The van der Waals surface area contributed by atoms with E-state index in [1.807, 2.05) is 80.6 Å². The molecule has 110 valence electrons. The molecule has 0 aliphatic heterocycles. The summed E-state index contributed by atoms with van der Waals surface area (Å²) in [5.74, 6) is -0.187. The molecular formula is C18H22N2O.